The van der Waals surface area contributed by atoms with Gasteiger partial charge < -0.3 is 20.4 Å². The highest BCUT2D eigenvalue weighted by atomic mass is 16.5. The molecule has 0 aliphatic rings. The predicted molar refractivity (Wildman–Crippen MR) is 123 cm³/mol. The molecule has 0 atom stereocenters. The van der Waals surface area contributed by atoms with Crippen LogP contribution in [0.5, 0.6) is 0 Å². The summed E-state index contributed by atoms with van der Waals surface area (Å²) in [6.07, 6.45) is 16.7. The molecule has 0 bridgehead atoms. The minimum absolute atomic E-state index is 0.176. The first-order valence-corrected chi connectivity index (χ1v) is 11.2. The molecule has 4 N–H and O–H groups in total. The van der Waals surface area contributed by atoms with E-state index in [2.05, 4.69) is 20.1 Å². The van der Waals surface area contributed by atoms with Crippen LogP contribution < -0.4 is 0 Å². The third kappa shape index (κ3) is 37.1. The Hall–Kier alpha value is -1.66. The van der Waals surface area contributed by atoms with Gasteiger partial charge in [-0.25, -0.2) is 9.59 Å². The maximum Gasteiger partial charge on any atom is 0.330 e. The second-order valence-electron chi connectivity index (χ2n) is 7.68. The van der Waals surface area contributed by atoms with E-state index in [1.165, 1.54) is 84.5 Å². The maximum atomic E-state index is 9.60. The van der Waals surface area contributed by atoms with Gasteiger partial charge in [0.2, 0.25) is 0 Å². The molecule has 0 heterocycles. The Labute approximate surface area is 183 Å². The number of aliphatic hydroxyl groups is 2. The second-order valence-corrected chi connectivity index (χ2v) is 7.68. The number of rotatable bonds is 16. The molecule has 0 aromatic heterocycles. The molecule has 178 valence electrons. The molecule has 6 heteroatoms. The van der Waals surface area contributed by atoms with Gasteiger partial charge in [0.25, 0.3) is 0 Å². The lowest BCUT2D eigenvalue weighted by Crippen LogP contribution is -2.02. The van der Waals surface area contributed by atoms with Crippen LogP contribution in [-0.2, 0) is 9.59 Å². The second kappa shape index (κ2) is 25.4. The number of carboxylic acids is 2. The van der Waals surface area contributed by atoms with E-state index < -0.39 is 18.2 Å². The Balaban J connectivity index is -0.000000495. The highest BCUT2D eigenvalue weighted by Gasteiger charge is 1.97. The van der Waals surface area contributed by atoms with Gasteiger partial charge >= 0.3 is 11.9 Å². The van der Waals surface area contributed by atoms with Crippen LogP contribution in [0.4, 0.5) is 0 Å². The summed E-state index contributed by atoms with van der Waals surface area (Å²) in [5.74, 6) is -1.87. The van der Waals surface area contributed by atoms with Gasteiger partial charge in [-0.1, -0.05) is 97.1 Å². The van der Waals surface area contributed by atoms with Gasteiger partial charge in [0.1, 0.15) is 0 Å². The fourth-order valence-corrected chi connectivity index (χ4v) is 2.34. The van der Waals surface area contributed by atoms with Gasteiger partial charge in [-0.05, 0) is 26.7 Å². The van der Waals surface area contributed by atoms with Crippen LogP contribution >= 0.6 is 0 Å². The average Bonchev–Trinajstić information content (AvgIpc) is 2.66. The molecule has 30 heavy (non-hydrogen) atoms. The van der Waals surface area contributed by atoms with E-state index >= 15 is 0 Å². The third-order valence-electron chi connectivity index (χ3n) is 4.30. The van der Waals surface area contributed by atoms with Crippen molar-refractivity contribution in [3.63, 3.8) is 0 Å². The van der Waals surface area contributed by atoms with Crippen molar-refractivity contribution in [1.82, 2.24) is 0 Å². The average molecular weight is 431 g/mol. The Morgan fingerprint density at radius 3 is 1.07 bits per heavy atom. The lowest BCUT2D eigenvalue weighted by atomic mass is 10.0. The first kappa shape index (κ1) is 33.0. The Kier molecular flexibility index (Phi) is 27.9. The van der Waals surface area contributed by atoms with Gasteiger partial charge in [0.05, 0.1) is 0 Å². The molecule has 0 aliphatic carbocycles. The monoisotopic (exact) mass is 430 g/mol. The molecule has 0 saturated heterocycles. The summed E-state index contributed by atoms with van der Waals surface area (Å²) in [5, 5.41) is 33.2. The zero-order valence-electron chi connectivity index (χ0n) is 19.5. The largest absolute Gasteiger partial charge is 0.478 e. The van der Waals surface area contributed by atoms with E-state index in [4.69, 9.17) is 20.4 Å². The number of hydrogen-bond acceptors (Lipinski definition) is 4. The molecule has 0 amide bonds. The number of aliphatic carboxylic acids is 2. The van der Waals surface area contributed by atoms with Crippen LogP contribution in [0.15, 0.2) is 24.3 Å². The van der Waals surface area contributed by atoms with Crippen molar-refractivity contribution < 1.29 is 30.0 Å². The summed E-state index contributed by atoms with van der Waals surface area (Å²) in [6, 6.07) is 0. The third-order valence-corrected chi connectivity index (χ3v) is 4.30. The quantitative estimate of drug-likeness (QED) is 0.134. The Morgan fingerprint density at radius 1 is 0.633 bits per heavy atom. The van der Waals surface area contributed by atoms with Gasteiger partial charge in [-0.15, -0.1) is 0 Å². The van der Waals surface area contributed by atoms with E-state index in [-0.39, 0.29) is 11.1 Å². The van der Waals surface area contributed by atoms with Crippen LogP contribution in [0.25, 0.3) is 0 Å². The number of unbranched alkanes of at least 4 members (excludes halogenated alkanes) is 12. The van der Waals surface area contributed by atoms with Crippen molar-refractivity contribution >= 4 is 11.9 Å². The van der Waals surface area contributed by atoms with Crippen LogP contribution in [0.2, 0.25) is 0 Å². The van der Waals surface area contributed by atoms with Gasteiger partial charge in [0.15, 0.2) is 6.29 Å². The van der Waals surface area contributed by atoms with Gasteiger partial charge in [-0.2, -0.15) is 0 Å². The van der Waals surface area contributed by atoms with Crippen LogP contribution in [-0.4, -0.2) is 38.7 Å². The molecular weight excluding hydrogens is 384 g/mol. The number of carbonyl (C=O) groups is 2. The summed E-state index contributed by atoms with van der Waals surface area (Å²) in [6.45, 7) is 11.5. The number of hydrogen-bond donors (Lipinski definition) is 4. The first-order chi connectivity index (χ1) is 14.1. The summed E-state index contributed by atoms with van der Waals surface area (Å²) >= 11 is 0. The van der Waals surface area contributed by atoms with E-state index in [1.54, 1.807) is 0 Å². The minimum atomic E-state index is -1.10. The summed E-state index contributed by atoms with van der Waals surface area (Å²) in [5.41, 5.74) is 0.352. The Bertz CT molecular complexity index is 395. The van der Waals surface area contributed by atoms with E-state index in [0.717, 1.165) is 12.8 Å². The smallest absolute Gasteiger partial charge is 0.330 e. The standard InChI is InChI=1S/C16H34O2.2C4H6O2/c1-2-3-4-5-6-7-8-9-10-11-12-13-14-15-16(17)18;2*1-3(2)4(5)6/h16-18H,2-15H2,1H3;2*1H2,2H3,(H,5,6). The molecule has 6 nitrogen and oxygen atoms in total. The van der Waals surface area contributed by atoms with Crippen LogP contribution in [0.3, 0.4) is 0 Å². The van der Waals surface area contributed by atoms with E-state index in [0.29, 0.717) is 6.42 Å². The summed E-state index contributed by atoms with van der Waals surface area (Å²) in [4.78, 5) is 19.2. The van der Waals surface area contributed by atoms with Crippen molar-refractivity contribution in [2.24, 2.45) is 0 Å². The van der Waals surface area contributed by atoms with Crippen molar-refractivity contribution in [2.45, 2.75) is 117 Å². The van der Waals surface area contributed by atoms with Crippen molar-refractivity contribution in [1.29, 1.82) is 0 Å². The molecule has 0 aromatic rings. The molecule has 0 unspecified atom stereocenters. The molecule has 0 aromatic carbocycles. The first-order valence-electron chi connectivity index (χ1n) is 11.2. The van der Waals surface area contributed by atoms with Crippen molar-refractivity contribution in [2.75, 3.05) is 0 Å². The fourth-order valence-electron chi connectivity index (χ4n) is 2.34. The topological polar surface area (TPSA) is 115 Å². The maximum absolute atomic E-state index is 9.60. The van der Waals surface area contributed by atoms with E-state index in [1.807, 2.05) is 0 Å². The molecule has 0 spiro atoms. The van der Waals surface area contributed by atoms with Gasteiger partial charge in [0, 0.05) is 11.1 Å². The molecule has 0 rings (SSSR count). The summed E-state index contributed by atoms with van der Waals surface area (Å²) in [7, 11) is 0. The minimum Gasteiger partial charge on any atom is -0.478 e. The molecule has 0 saturated carbocycles. The number of carboxylic acid groups (broad SMARTS) is 2. The lowest BCUT2D eigenvalue weighted by molar-refractivity contribution is -0.133. The zero-order valence-corrected chi connectivity index (χ0v) is 19.5. The van der Waals surface area contributed by atoms with Crippen LogP contribution in [0.1, 0.15) is 111 Å². The van der Waals surface area contributed by atoms with Crippen LogP contribution in [0, 0.1) is 0 Å². The SMILES string of the molecule is C=C(C)C(=O)O.C=C(C)C(=O)O.CCCCCCCCCCCCCCCC(O)O. The molecule has 0 aliphatic heterocycles. The zero-order chi connectivity index (χ0) is 23.8. The molecule has 0 radical (unpaired) electrons. The molecule has 0 fully saturated rings. The van der Waals surface area contributed by atoms with Crippen molar-refractivity contribution in [3.05, 3.63) is 24.3 Å². The number of aliphatic hydroxyl groups excluding tert-OH is 1. The van der Waals surface area contributed by atoms with Crippen molar-refractivity contribution in [3.8, 4) is 0 Å². The fraction of sp³-hybridized carbons (Fsp3) is 0.750. The predicted octanol–water partition coefficient (Wildman–Crippen LogP) is 6.07. The highest BCUT2D eigenvalue weighted by molar-refractivity contribution is 5.85. The highest BCUT2D eigenvalue weighted by Crippen LogP contribution is 2.13. The van der Waals surface area contributed by atoms with E-state index in [9.17, 15) is 9.59 Å². The molecular formula is C24H46O6. The lowest BCUT2D eigenvalue weighted by Gasteiger charge is -2.04. The summed E-state index contributed by atoms with van der Waals surface area (Å²) < 4.78 is 0. The normalized spacial score (nSPS) is 9.80. The van der Waals surface area contributed by atoms with Gasteiger partial charge in [-0.3, -0.25) is 0 Å². The Morgan fingerprint density at radius 2 is 0.867 bits per heavy atom.